The summed E-state index contributed by atoms with van der Waals surface area (Å²) in [6, 6.07) is 2.59. The Morgan fingerprint density at radius 2 is 2.33 bits per heavy atom. The summed E-state index contributed by atoms with van der Waals surface area (Å²) in [6.45, 7) is 0. The Morgan fingerprint density at radius 3 is 2.87 bits per heavy atom. The second kappa shape index (κ2) is 4.20. The van der Waals surface area contributed by atoms with E-state index in [-0.39, 0.29) is 11.4 Å². The summed E-state index contributed by atoms with van der Waals surface area (Å²) in [4.78, 5) is 13.9. The molecule has 0 spiro atoms. The summed E-state index contributed by atoms with van der Waals surface area (Å²) >= 11 is 0. The number of rotatable bonds is 4. The maximum atomic E-state index is 12.8. The molecule has 0 unspecified atom stereocenters. The summed E-state index contributed by atoms with van der Waals surface area (Å²) in [5.41, 5.74) is 0.161. The molecule has 0 aliphatic carbocycles. The fraction of sp³-hybridized carbons (Fsp3) is 0.333. The van der Waals surface area contributed by atoms with Crippen LogP contribution in [-0.4, -0.2) is 29.1 Å². The molecule has 0 aliphatic heterocycles. The molecule has 0 radical (unpaired) electrons. The van der Waals surface area contributed by atoms with Gasteiger partial charge in [0.2, 0.25) is 5.88 Å². The lowest BCUT2D eigenvalue weighted by Crippen LogP contribution is -2.30. The molecule has 82 valence electrons. The number of methoxy groups -OCH3 is 1. The Bertz CT molecular complexity index is 368. The molecule has 1 aromatic rings. The summed E-state index contributed by atoms with van der Waals surface area (Å²) in [6.07, 6.45) is 0.410. The molecule has 0 saturated heterocycles. The van der Waals surface area contributed by atoms with E-state index in [2.05, 4.69) is 4.98 Å². The quantitative estimate of drug-likeness (QED) is 0.827. The molecule has 0 aliphatic rings. The van der Waals surface area contributed by atoms with Gasteiger partial charge in [0, 0.05) is 18.7 Å². The summed E-state index contributed by atoms with van der Waals surface area (Å²) in [7, 11) is 1.35. The van der Waals surface area contributed by atoms with Crippen molar-refractivity contribution in [3.05, 3.63) is 23.9 Å². The van der Waals surface area contributed by atoms with E-state index in [1.165, 1.54) is 25.4 Å². The normalized spacial score (nSPS) is 11.1. The number of hydrogen-bond acceptors (Lipinski definition) is 3. The Hall–Kier alpha value is -1.72. The maximum Gasteiger partial charge on any atom is 0.374 e. The second-order valence-corrected chi connectivity index (χ2v) is 2.89. The molecule has 1 heterocycles. The van der Waals surface area contributed by atoms with Gasteiger partial charge < -0.3 is 9.84 Å². The van der Waals surface area contributed by atoms with Crippen molar-refractivity contribution >= 4 is 5.97 Å². The number of halogens is 2. The lowest BCUT2D eigenvalue weighted by molar-refractivity contribution is -0.164. The number of aromatic nitrogens is 1. The number of aliphatic carboxylic acids is 1. The van der Waals surface area contributed by atoms with Crippen LogP contribution in [0.3, 0.4) is 0 Å². The average molecular weight is 217 g/mol. The zero-order valence-corrected chi connectivity index (χ0v) is 7.91. The zero-order valence-electron chi connectivity index (χ0n) is 7.91. The molecule has 0 saturated carbocycles. The van der Waals surface area contributed by atoms with E-state index in [1.54, 1.807) is 0 Å². The van der Waals surface area contributed by atoms with Crippen molar-refractivity contribution in [1.82, 2.24) is 4.98 Å². The Labute approximate surface area is 84.5 Å². The molecule has 15 heavy (non-hydrogen) atoms. The van der Waals surface area contributed by atoms with Gasteiger partial charge in [0.1, 0.15) is 0 Å². The Balaban J connectivity index is 2.85. The van der Waals surface area contributed by atoms with Crippen LogP contribution < -0.4 is 4.74 Å². The van der Waals surface area contributed by atoms with Crippen LogP contribution >= 0.6 is 0 Å². The monoisotopic (exact) mass is 217 g/mol. The van der Waals surface area contributed by atoms with Gasteiger partial charge in [-0.25, -0.2) is 9.78 Å². The lowest BCUT2D eigenvalue weighted by atomic mass is 10.1. The van der Waals surface area contributed by atoms with E-state index in [0.717, 1.165) is 0 Å². The van der Waals surface area contributed by atoms with Crippen LogP contribution in [-0.2, 0) is 11.2 Å². The molecule has 1 N–H and O–H groups in total. The minimum Gasteiger partial charge on any atom is -0.481 e. The van der Waals surface area contributed by atoms with Crippen molar-refractivity contribution in [3.63, 3.8) is 0 Å². The smallest absolute Gasteiger partial charge is 0.374 e. The molecule has 0 bridgehead atoms. The first-order chi connectivity index (χ1) is 6.95. The van der Waals surface area contributed by atoms with Crippen LogP contribution in [0.4, 0.5) is 8.78 Å². The highest BCUT2D eigenvalue weighted by Crippen LogP contribution is 2.21. The number of hydrogen-bond donors (Lipinski definition) is 1. The van der Waals surface area contributed by atoms with Gasteiger partial charge in [-0.2, -0.15) is 8.78 Å². The fourth-order valence-electron chi connectivity index (χ4n) is 1.00. The Kier molecular flexibility index (Phi) is 3.18. The number of ether oxygens (including phenoxy) is 1. The fourth-order valence-corrected chi connectivity index (χ4v) is 1.00. The van der Waals surface area contributed by atoms with Crippen LogP contribution in [0.15, 0.2) is 18.3 Å². The molecule has 0 fully saturated rings. The molecular formula is C9H9F2NO3. The van der Waals surface area contributed by atoms with Crippen molar-refractivity contribution in [3.8, 4) is 5.88 Å². The topological polar surface area (TPSA) is 59.4 Å². The van der Waals surface area contributed by atoms with Gasteiger partial charge >= 0.3 is 11.9 Å². The molecule has 0 atom stereocenters. The van der Waals surface area contributed by atoms with Gasteiger partial charge in [-0.1, -0.05) is 0 Å². The zero-order chi connectivity index (χ0) is 11.5. The molecule has 1 aromatic heterocycles. The van der Waals surface area contributed by atoms with Crippen molar-refractivity contribution in [2.45, 2.75) is 12.3 Å². The van der Waals surface area contributed by atoms with Gasteiger partial charge in [-0.15, -0.1) is 0 Å². The maximum absolute atomic E-state index is 12.8. The molecule has 4 nitrogen and oxygen atoms in total. The standard InChI is InChI=1S/C9H9F2NO3/c1-15-7-4-6(2-3-12-7)5-9(10,11)8(13)14/h2-4H,5H2,1H3,(H,13,14). The van der Waals surface area contributed by atoms with Crippen LogP contribution in [0.2, 0.25) is 0 Å². The minimum absolute atomic E-state index is 0.161. The second-order valence-electron chi connectivity index (χ2n) is 2.89. The van der Waals surface area contributed by atoms with Crippen molar-refractivity contribution in [1.29, 1.82) is 0 Å². The number of carboxylic acid groups (broad SMARTS) is 1. The Morgan fingerprint density at radius 1 is 1.67 bits per heavy atom. The van der Waals surface area contributed by atoms with E-state index in [0.29, 0.717) is 0 Å². The van der Waals surface area contributed by atoms with Gasteiger partial charge in [0.25, 0.3) is 0 Å². The van der Waals surface area contributed by atoms with Crippen LogP contribution in [0.5, 0.6) is 5.88 Å². The first-order valence-electron chi connectivity index (χ1n) is 4.06. The average Bonchev–Trinajstić information content (AvgIpc) is 2.17. The van der Waals surface area contributed by atoms with Crippen molar-refractivity contribution in [2.24, 2.45) is 0 Å². The molecule has 0 amide bonds. The van der Waals surface area contributed by atoms with E-state index in [9.17, 15) is 13.6 Å². The third-order valence-electron chi connectivity index (χ3n) is 1.75. The lowest BCUT2D eigenvalue weighted by Gasteiger charge is -2.10. The van der Waals surface area contributed by atoms with Gasteiger partial charge in [-0.3, -0.25) is 0 Å². The highest BCUT2D eigenvalue weighted by atomic mass is 19.3. The highest BCUT2D eigenvalue weighted by molar-refractivity contribution is 5.75. The highest BCUT2D eigenvalue weighted by Gasteiger charge is 2.38. The van der Waals surface area contributed by atoms with Gasteiger partial charge in [0.15, 0.2) is 0 Å². The first-order valence-corrected chi connectivity index (χ1v) is 4.06. The minimum atomic E-state index is -3.77. The largest absolute Gasteiger partial charge is 0.481 e. The molecule has 6 heteroatoms. The van der Waals surface area contributed by atoms with Crippen molar-refractivity contribution < 1.29 is 23.4 Å². The number of carboxylic acids is 1. The van der Waals surface area contributed by atoms with Crippen LogP contribution in [0.25, 0.3) is 0 Å². The number of alkyl halides is 2. The third kappa shape index (κ3) is 2.87. The molecule has 1 rings (SSSR count). The van der Waals surface area contributed by atoms with Crippen LogP contribution in [0.1, 0.15) is 5.56 Å². The number of carbonyl (C=O) groups is 1. The van der Waals surface area contributed by atoms with Crippen molar-refractivity contribution in [2.75, 3.05) is 7.11 Å². The SMILES string of the molecule is COc1cc(CC(F)(F)C(=O)O)ccn1. The molecule has 0 aromatic carbocycles. The predicted octanol–water partition coefficient (Wildman–Crippen LogP) is 1.35. The van der Waals surface area contributed by atoms with E-state index >= 15 is 0 Å². The first kappa shape index (κ1) is 11.4. The van der Waals surface area contributed by atoms with E-state index < -0.39 is 18.3 Å². The summed E-state index contributed by atoms with van der Waals surface area (Å²) in [5, 5.41) is 8.23. The molecular weight excluding hydrogens is 208 g/mol. The summed E-state index contributed by atoms with van der Waals surface area (Å²) in [5.74, 6) is -5.74. The number of nitrogens with zero attached hydrogens (tertiary/aromatic N) is 1. The predicted molar refractivity (Wildman–Crippen MR) is 47.1 cm³/mol. The van der Waals surface area contributed by atoms with Gasteiger partial charge in [-0.05, 0) is 11.6 Å². The summed E-state index contributed by atoms with van der Waals surface area (Å²) < 4.78 is 30.3. The van der Waals surface area contributed by atoms with E-state index in [4.69, 9.17) is 9.84 Å². The van der Waals surface area contributed by atoms with Gasteiger partial charge in [0.05, 0.1) is 7.11 Å². The van der Waals surface area contributed by atoms with Crippen LogP contribution in [0, 0.1) is 0 Å². The third-order valence-corrected chi connectivity index (χ3v) is 1.75. The van der Waals surface area contributed by atoms with E-state index in [1.807, 2.05) is 0 Å². The number of pyridine rings is 1.